The Morgan fingerprint density at radius 2 is 1.59 bits per heavy atom. The summed E-state index contributed by atoms with van der Waals surface area (Å²) in [4.78, 5) is 0. The van der Waals surface area contributed by atoms with E-state index in [1.54, 1.807) is 5.57 Å². The molecular formula is C22H42. The maximum absolute atomic E-state index is 3.78. The molecule has 0 rings (SSSR count). The van der Waals surface area contributed by atoms with E-state index >= 15 is 0 Å². The average molecular weight is 307 g/mol. The van der Waals surface area contributed by atoms with E-state index in [1.165, 1.54) is 77.0 Å². The van der Waals surface area contributed by atoms with Gasteiger partial charge in [0, 0.05) is 0 Å². The molecule has 0 aliphatic heterocycles. The zero-order chi connectivity index (χ0) is 16.6. The molecule has 0 aliphatic carbocycles. The highest BCUT2D eigenvalue weighted by atomic mass is 14.1. The average Bonchev–Trinajstić information content (AvgIpc) is 2.49. The predicted octanol–water partition coefficient (Wildman–Crippen LogP) is 8.09. The first-order chi connectivity index (χ1) is 10.6. The van der Waals surface area contributed by atoms with Crippen molar-refractivity contribution in [2.75, 3.05) is 0 Å². The van der Waals surface area contributed by atoms with E-state index in [0.29, 0.717) is 0 Å². The first kappa shape index (κ1) is 21.5. The van der Waals surface area contributed by atoms with E-state index in [0.717, 1.165) is 11.8 Å². The lowest BCUT2D eigenvalue weighted by molar-refractivity contribution is 0.430. The minimum atomic E-state index is 0.859. The molecule has 2 unspecified atom stereocenters. The van der Waals surface area contributed by atoms with Gasteiger partial charge in [-0.1, -0.05) is 83.4 Å². The quantitative estimate of drug-likeness (QED) is 0.212. The molecular weight excluding hydrogens is 264 g/mol. The summed E-state index contributed by atoms with van der Waals surface area (Å²) in [6.07, 6.45) is 20.7. The number of hydrogen-bond acceptors (Lipinski definition) is 0. The lowest BCUT2D eigenvalue weighted by atomic mass is 9.94. The van der Waals surface area contributed by atoms with Gasteiger partial charge >= 0.3 is 0 Å². The van der Waals surface area contributed by atoms with Gasteiger partial charge < -0.3 is 0 Å². The van der Waals surface area contributed by atoms with E-state index in [4.69, 9.17) is 0 Å². The van der Waals surface area contributed by atoms with Crippen molar-refractivity contribution in [1.82, 2.24) is 0 Å². The van der Waals surface area contributed by atoms with Gasteiger partial charge in [-0.3, -0.25) is 0 Å². The summed E-state index contributed by atoms with van der Waals surface area (Å²) in [5.41, 5.74) is 1.60. The lowest BCUT2D eigenvalue weighted by Gasteiger charge is -2.12. The van der Waals surface area contributed by atoms with Crippen molar-refractivity contribution in [2.45, 2.75) is 105 Å². The summed E-state index contributed by atoms with van der Waals surface area (Å²) >= 11 is 0. The van der Waals surface area contributed by atoms with E-state index in [-0.39, 0.29) is 0 Å². The molecule has 0 heterocycles. The second-order valence-corrected chi connectivity index (χ2v) is 7.46. The van der Waals surface area contributed by atoms with Gasteiger partial charge in [-0.15, -0.1) is 6.58 Å². The third kappa shape index (κ3) is 14.4. The van der Waals surface area contributed by atoms with Gasteiger partial charge in [0.2, 0.25) is 0 Å². The van der Waals surface area contributed by atoms with E-state index in [9.17, 15) is 0 Å². The monoisotopic (exact) mass is 306 g/mol. The second kappa shape index (κ2) is 15.4. The van der Waals surface area contributed by atoms with Crippen molar-refractivity contribution in [3.8, 4) is 0 Å². The third-order valence-corrected chi connectivity index (χ3v) is 4.77. The van der Waals surface area contributed by atoms with Crippen molar-refractivity contribution >= 4 is 0 Å². The molecule has 2 atom stereocenters. The maximum atomic E-state index is 3.78. The molecule has 0 saturated carbocycles. The van der Waals surface area contributed by atoms with Gasteiger partial charge in [0.25, 0.3) is 0 Å². The Kier molecular flexibility index (Phi) is 15.0. The number of hydrogen-bond donors (Lipinski definition) is 0. The molecule has 0 spiro atoms. The van der Waals surface area contributed by atoms with Crippen molar-refractivity contribution in [3.63, 3.8) is 0 Å². The highest BCUT2D eigenvalue weighted by Gasteiger charge is 2.03. The van der Waals surface area contributed by atoms with E-state index < -0.39 is 0 Å². The molecule has 0 aromatic heterocycles. The fraction of sp³-hybridized carbons (Fsp3) is 0.818. The third-order valence-electron chi connectivity index (χ3n) is 4.77. The summed E-state index contributed by atoms with van der Waals surface area (Å²) in [7, 11) is 0. The van der Waals surface area contributed by atoms with Gasteiger partial charge in [0.1, 0.15) is 0 Å². The van der Waals surface area contributed by atoms with Crippen LogP contribution in [0.15, 0.2) is 24.3 Å². The fourth-order valence-corrected chi connectivity index (χ4v) is 3.11. The van der Waals surface area contributed by atoms with Crippen LogP contribution in [0.3, 0.4) is 0 Å². The van der Waals surface area contributed by atoms with Gasteiger partial charge in [-0.2, -0.15) is 0 Å². The molecule has 0 bridgehead atoms. The Morgan fingerprint density at radius 3 is 2.23 bits per heavy atom. The molecule has 0 nitrogen and oxygen atoms in total. The molecule has 0 fully saturated rings. The van der Waals surface area contributed by atoms with Gasteiger partial charge in [-0.25, -0.2) is 0 Å². The minimum Gasteiger partial charge on any atom is -0.103 e. The molecule has 0 saturated heterocycles. The van der Waals surface area contributed by atoms with Crippen LogP contribution in [-0.4, -0.2) is 0 Å². The number of rotatable bonds is 15. The maximum Gasteiger partial charge on any atom is -0.0322 e. The van der Waals surface area contributed by atoms with Crippen LogP contribution in [0.1, 0.15) is 105 Å². The Morgan fingerprint density at radius 1 is 0.909 bits per heavy atom. The Balaban J connectivity index is 3.58. The van der Waals surface area contributed by atoms with E-state index in [1.807, 2.05) is 6.08 Å². The highest BCUT2D eigenvalue weighted by Crippen LogP contribution is 2.19. The van der Waals surface area contributed by atoms with Gasteiger partial charge in [-0.05, 0) is 50.9 Å². The first-order valence-corrected chi connectivity index (χ1v) is 9.86. The van der Waals surface area contributed by atoms with Gasteiger partial charge in [0.05, 0.1) is 0 Å². The molecule has 130 valence electrons. The Hall–Kier alpha value is -0.520. The van der Waals surface area contributed by atoms with Crippen LogP contribution >= 0.6 is 0 Å². The van der Waals surface area contributed by atoms with Crippen LogP contribution in [0.2, 0.25) is 0 Å². The molecule has 0 aromatic carbocycles. The normalized spacial score (nSPS) is 14.8. The smallest absolute Gasteiger partial charge is 0.0322 e. The summed E-state index contributed by atoms with van der Waals surface area (Å²) in [6, 6.07) is 0. The number of unbranched alkanes of at least 4 members (excludes halogenated alkanes) is 4. The van der Waals surface area contributed by atoms with Crippen molar-refractivity contribution in [2.24, 2.45) is 11.8 Å². The molecule has 0 aromatic rings. The summed E-state index contributed by atoms with van der Waals surface area (Å²) in [5, 5.41) is 0. The van der Waals surface area contributed by atoms with Crippen LogP contribution in [0, 0.1) is 11.8 Å². The highest BCUT2D eigenvalue weighted by molar-refractivity contribution is 4.98. The topological polar surface area (TPSA) is 0 Å². The first-order valence-electron chi connectivity index (χ1n) is 9.86. The largest absolute Gasteiger partial charge is 0.103 e. The van der Waals surface area contributed by atoms with Crippen molar-refractivity contribution in [1.29, 1.82) is 0 Å². The molecule has 0 amide bonds. The summed E-state index contributed by atoms with van der Waals surface area (Å²) < 4.78 is 0. The van der Waals surface area contributed by atoms with Crippen LogP contribution in [0.25, 0.3) is 0 Å². The summed E-state index contributed by atoms with van der Waals surface area (Å²) in [5.74, 6) is 1.79. The summed E-state index contributed by atoms with van der Waals surface area (Å²) in [6.45, 7) is 13.2. The predicted molar refractivity (Wildman–Crippen MR) is 103 cm³/mol. The minimum absolute atomic E-state index is 0.859. The van der Waals surface area contributed by atoms with Crippen molar-refractivity contribution < 1.29 is 0 Å². The second-order valence-electron chi connectivity index (χ2n) is 7.46. The molecule has 22 heavy (non-hydrogen) atoms. The van der Waals surface area contributed by atoms with Crippen LogP contribution in [-0.2, 0) is 0 Å². The van der Waals surface area contributed by atoms with Gasteiger partial charge in [0.15, 0.2) is 0 Å². The Labute approximate surface area is 141 Å². The lowest BCUT2D eigenvalue weighted by Crippen LogP contribution is -1.97. The zero-order valence-corrected chi connectivity index (χ0v) is 16.0. The zero-order valence-electron chi connectivity index (χ0n) is 16.0. The Bertz CT molecular complexity index is 274. The molecule has 0 N–H and O–H groups in total. The SMILES string of the molecule is C=CCCCCCC(C)=CCC(C)CCCCC(C)CCC. The van der Waals surface area contributed by atoms with Crippen LogP contribution < -0.4 is 0 Å². The van der Waals surface area contributed by atoms with E-state index in [2.05, 4.69) is 40.3 Å². The molecule has 0 radical (unpaired) electrons. The van der Waals surface area contributed by atoms with Crippen LogP contribution in [0.5, 0.6) is 0 Å². The molecule has 0 heteroatoms. The fourth-order valence-electron chi connectivity index (χ4n) is 3.11. The number of allylic oxidation sites excluding steroid dienone is 3. The molecule has 0 aliphatic rings. The van der Waals surface area contributed by atoms with Crippen LogP contribution in [0.4, 0.5) is 0 Å². The standard InChI is InChI=1S/C22H42/c1-6-8-9-10-11-15-21(4)18-19-22(5)17-13-12-16-20(3)14-7-2/h6,18,20,22H,1,7-17,19H2,2-5H3. The van der Waals surface area contributed by atoms with Crippen molar-refractivity contribution in [3.05, 3.63) is 24.3 Å².